The Bertz CT molecular complexity index is 1070. The predicted molar refractivity (Wildman–Crippen MR) is 211 cm³/mol. The summed E-state index contributed by atoms with van der Waals surface area (Å²) in [6, 6.07) is 0.187. The van der Waals surface area contributed by atoms with Gasteiger partial charge in [0.1, 0.15) is 0 Å². The molecule has 8 nitrogen and oxygen atoms in total. The van der Waals surface area contributed by atoms with Crippen molar-refractivity contribution in [1.29, 1.82) is 0 Å². The molecule has 0 aromatic rings. The third-order valence-corrected chi connectivity index (χ3v) is 14.0. The molecule has 4 aliphatic carbocycles. The summed E-state index contributed by atoms with van der Waals surface area (Å²) in [5, 5.41) is 13.3. The molecule has 0 aromatic heterocycles. The number of hydrogen-bond acceptors (Lipinski definition) is 4. The quantitative estimate of drug-likeness (QED) is 0.136. The van der Waals surface area contributed by atoms with Crippen LogP contribution in [-0.2, 0) is 19.2 Å². The standard InChI is InChI=1S/C44H78N4O4/c1-27(2)31-13-9-17-35(21-31)45-41(49)25-39(43(51)47-37-19-11-15-33(23-37)29(5)6)40(44(52)48-38-20-12-16-34(24-38)30(7)8)26-42(50)46-36-18-10-14-32(22-36)28(3)4/h27-40H,9-26H2,1-8H3,(H,45,49)(H,46,50)(H,47,51)(H,48,52). The molecule has 10 atom stereocenters. The molecule has 4 N–H and O–H groups in total. The van der Waals surface area contributed by atoms with Crippen molar-refractivity contribution in [3.05, 3.63) is 0 Å². The maximum Gasteiger partial charge on any atom is 0.224 e. The van der Waals surface area contributed by atoms with Crippen LogP contribution in [0.5, 0.6) is 0 Å². The van der Waals surface area contributed by atoms with Crippen LogP contribution >= 0.6 is 0 Å². The van der Waals surface area contributed by atoms with Crippen molar-refractivity contribution in [2.75, 3.05) is 0 Å². The van der Waals surface area contributed by atoms with Crippen LogP contribution in [0.3, 0.4) is 0 Å². The molecule has 0 bridgehead atoms. The van der Waals surface area contributed by atoms with E-state index in [1.165, 1.54) is 12.8 Å². The lowest BCUT2D eigenvalue weighted by Crippen LogP contribution is -2.52. The van der Waals surface area contributed by atoms with Crippen LogP contribution < -0.4 is 21.3 Å². The van der Waals surface area contributed by atoms with Crippen LogP contribution in [0.4, 0.5) is 0 Å². The Kier molecular flexibility index (Phi) is 16.8. The molecule has 298 valence electrons. The van der Waals surface area contributed by atoms with Crippen molar-refractivity contribution < 1.29 is 19.2 Å². The van der Waals surface area contributed by atoms with Gasteiger partial charge in [-0.25, -0.2) is 0 Å². The van der Waals surface area contributed by atoms with Crippen molar-refractivity contribution in [2.24, 2.45) is 59.2 Å². The Balaban J connectivity index is 1.57. The Labute approximate surface area is 317 Å². The smallest absolute Gasteiger partial charge is 0.224 e. The predicted octanol–water partition coefficient (Wildman–Crippen LogP) is 8.32. The Morgan fingerprint density at radius 1 is 0.404 bits per heavy atom. The third kappa shape index (κ3) is 13.0. The second kappa shape index (κ2) is 20.5. The normalized spacial score (nSPS) is 31.2. The fourth-order valence-corrected chi connectivity index (χ4v) is 10.3. The van der Waals surface area contributed by atoms with E-state index in [9.17, 15) is 19.2 Å². The van der Waals surface area contributed by atoms with Crippen LogP contribution in [0.15, 0.2) is 0 Å². The van der Waals surface area contributed by atoms with E-state index in [0.717, 1.165) is 89.9 Å². The van der Waals surface area contributed by atoms with E-state index in [2.05, 4.69) is 76.7 Å². The lowest BCUT2D eigenvalue weighted by molar-refractivity contribution is -0.141. The number of carbonyl (C=O) groups is 4. The van der Waals surface area contributed by atoms with Crippen molar-refractivity contribution in [2.45, 2.75) is 195 Å². The minimum Gasteiger partial charge on any atom is -0.353 e. The zero-order valence-corrected chi connectivity index (χ0v) is 34.4. The molecule has 4 amide bonds. The van der Waals surface area contributed by atoms with Crippen LogP contribution in [0.25, 0.3) is 0 Å². The second-order valence-corrected chi connectivity index (χ2v) is 19.2. The van der Waals surface area contributed by atoms with Crippen molar-refractivity contribution >= 4 is 23.6 Å². The number of nitrogens with one attached hydrogen (secondary N) is 4. The molecule has 0 radical (unpaired) electrons. The van der Waals surface area contributed by atoms with Gasteiger partial charge in [0.25, 0.3) is 0 Å². The molecular formula is C44H78N4O4. The molecule has 0 aliphatic heterocycles. The van der Waals surface area contributed by atoms with Gasteiger partial charge >= 0.3 is 0 Å². The second-order valence-electron chi connectivity index (χ2n) is 19.2. The van der Waals surface area contributed by atoms with Gasteiger partial charge in [0.2, 0.25) is 23.6 Å². The molecular weight excluding hydrogens is 649 g/mol. The maximum atomic E-state index is 14.5. The number of amides is 4. The zero-order valence-electron chi connectivity index (χ0n) is 34.4. The first-order valence-electron chi connectivity index (χ1n) is 21.9. The van der Waals surface area contributed by atoms with Gasteiger partial charge in [-0.3, -0.25) is 19.2 Å². The van der Waals surface area contributed by atoms with Crippen molar-refractivity contribution in [3.63, 3.8) is 0 Å². The molecule has 10 unspecified atom stereocenters. The van der Waals surface area contributed by atoms with Crippen LogP contribution in [0, 0.1) is 59.2 Å². The first-order chi connectivity index (χ1) is 24.7. The van der Waals surface area contributed by atoms with E-state index in [0.29, 0.717) is 47.3 Å². The first kappa shape index (κ1) is 42.6. The summed E-state index contributed by atoms with van der Waals surface area (Å²) in [7, 11) is 0. The summed E-state index contributed by atoms with van der Waals surface area (Å²) >= 11 is 0. The van der Waals surface area contributed by atoms with Crippen molar-refractivity contribution in [3.8, 4) is 0 Å². The van der Waals surface area contributed by atoms with E-state index in [-0.39, 0.29) is 60.6 Å². The summed E-state index contributed by atoms with van der Waals surface area (Å²) < 4.78 is 0. The lowest BCUT2D eigenvalue weighted by atomic mass is 9.77. The highest BCUT2D eigenvalue weighted by Gasteiger charge is 2.40. The van der Waals surface area contributed by atoms with E-state index in [1.807, 2.05) is 0 Å². The highest BCUT2D eigenvalue weighted by Crippen LogP contribution is 2.34. The van der Waals surface area contributed by atoms with Gasteiger partial charge in [0, 0.05) is 37.0 Å². The Morgan fingerprint density at radius 3 is 0.904 bits per heavy atom. The van der Waals surface area contributed by atoms with Gasteiger partial charge in [-0.2, -0.15) is 0 Å². The van der Waals surface area contributed by atoms with Gasteiger partial charge < -0.3 is 21.3 Å². The SMILES string of the molecule is CC(C)C1CCCC(NC(=O)CC(C(=O)NC2CCCC(C(C)C)C2)C(CC(=O)NC2CCCC(C(C)C)C2)C(=O)NC2CCCC(C(C)C)C2)C1. The van der Waals surface area contributed by atoms with Crippen molar-refractivity contribution in [1.82, 2.24) is 21.3 Å². The summed E-state index contributed by atoms with van der Waals surface area (Å²) in [5.41, 5.74) is 0. The van der Waals surface area contributed by atoms with Crippen LogP contribution in [0.2, 0.25) is 0 Å². The molecule has 0 spiro atoms. The molecule has 4 fully saturated rings. The lowest BCUT2D eigenvalue weighted by Gasteiger charge is -2.36. The Morgan fingerprint density at radius 2 is 0.654 bits per heavy atom. The zero-order chi connectivity index (χ0) is 37.9. The maximum absolute atomic E-state index is 14.5. The van der Waals surface area contributed by atoms with Gasteiger partial charge in [-0.1, -0.05) is 107 Å². The van der Waals surface area contributed by atoms with Gasteiger partial charge in [0.15, 0.2) is 0 Å². The van der Waals surface area contributed by atoms with Crippen LogP contribution in [-0.4, -0.2) is 47.8 Å². The number of carbonyl (C=O) groups excluding carboxylic acids is 4. The fourth-order valence-electron chi connectivity index (χ4n) is 10.3. The average Bonchev–Trinajstić information content (AvgIpc) is 3.10. The third-order valence-electron chi connectivity index (χ3n) is 14.0. The largest absolute Gasteiger partial charge is 0.353 e. The highest BCUT2D eigenvalue weighted by atomic mass is 16.2. The van der Waals surface area contributed by atoms with E-state index < -0.39 is 11.8 Å². The topological polar surface area (TPSA) is 116 Å². The van der Waals surface area contributed by atoms with E-state index in [1.54, 1.807) is 0 Å². The molecule has 4 saturated carbocycles. The van der Waals surface area contributed by atoms with Gasteiger partial charge in [0.05, 0.1) is 11.8 Å². The molecule has 0 saturated heterocycles. The highest BCUT2D eigenvalue weighted by molar-refractivity contribution is 5.94. The van der Waals surface area contributed by atoms with Gasteiger partial charge in [-0.15, -0.1) is 0 Å². The molecule has 52 heavy (non-hydrogen) atoms. The monoisotopic (exact) mass is 727 g/mol. The van der Waals surface area contributed by atoms with Gasteiger partial charge in [-0.05, 0) is 98.7 Å². The summed E-state index contributed by atoms with van der Waals surface area (Å²) in [4.78, 5) is 56.9. The summed E-state index contributed by atoms with van der Waals surface area (Å²) in [6.07, 6.45) is 16.2. The molecule has 4 rings (SSSR count). The fraction of sp³-hybridized carbons (Fsp3) is 0.909. The molecule has 0 heterocycles. The first-order valence-corrected chi connectivity index (χ1v) is 21.9. The Hall–Kier alpha value is -2.12. The minimum atomic E-state index is -0.922. The molecule has 8 heteroatoms. The van der Waals surface area contributed by atoms with E-state index >= 15 is 0 Å². The number of hydrogen-bond donors (Lipinski definition) is 4. The molecule has 4 aliphatic rings. The summed E-state index contributed by atoms with van der Waals surface area (Å²) in [6.45, 7) is 18.0. The van der Waals surface area contributed by atoms with E-state index in [4.69, 9.17) is 0 Å². The average molecular weight is 727 g/mol. The summed E-state index contributed by atoms with van der Waals surface area (Å²) in [5.74, 6) is 1.71. The van der Waals surface area contributed by atoms with Crippen LogP contribution in [0.1, 0.15) is 171 Å². The number of rotatable bonds is 15. The molecule has 0 aromatic carbocycles. The minimum absolute atomic E-state index is 0.0160.